The lowest BCUT2D eigenvalue weighted by Gasteiger charge is -2.52. The van der Waals surface area contributed by atoms with E-state index in [1.54, 1.807) is 7.11 Å². The predicted octanol–water partition coefficient (Wildman–Crippen LogP) is 0.797. The third-order valence-electron chi connectivity index (χ3n) is 4.47. The lowest BCUT2D eigenvalue weighted by atomic mass is 9.64. The standard InChI is InChI=1S/C12H22N2O2/c1-11(2)8(7-9(11)16-3)14-10(15)12(13)5-4-6-12/h8-9H,4-7,13H2,1-3H3,(H,14,15). The average Bonchev–Trinajstić information content (AvgIpc) is 2.19. The van der Waals surface area contributed by atoms with Gasteiger partial charge in [0, 0.05) is 18.6 Å². The van der Waals surface area contributed by atoms with Crippen molar-refractivity contribution in [2.75, 3.05) is 7.11 Å². The van der Waals surface area contributed by atoms with Crippen LogP contribution in [0.15, 0.2) is 0 Å². The molecule has 4 heteroatoms. The zero-order valence-electron chi connectivity index (χ0n) is 10.4. The van der Waals surface area contributed by atoms with Crippen molar-refractivity contribution in [3.8, 4) is 0 Å². The van der Waals surface area contributed by atoms with E-state index < -0.39 is 5.54 Å². The Kier molecular flexibility index (Phi) is 2.75. The molecule has 0 spiro atoms. The molecule has 0 aromatic carbocycles. The second-order valence-corrected chi connectivity index (χ2v) is 5.82. The van der Waals surface area contributed by atoms with Gasteiger partial charge in [-0.1, -0.05) is 13.8 Å². The molecule has 2 aliphatic rings. The van der Waals surface area contributed by atoms with Crippen LogP contribution in [0.3, 0.4) is 0 Å². The smallest absolute Gasteiger partial charge is 0.240 e. The Bertz CT molecular complexity index is 297. The molecule has 0 heterocycles. The van der Waals surface area contributed by atoms with Gasteiger partial charge < -0.3 is 15.8 Å². The molecule has 3 N–H and O–H groups in total. The highest BCUT2D eigenvalue weighted by molar-refractivity contribution is 5.87. The van der Waals surface area contributed by atoms with Crippen LogP contribution in [0, 0.1) is 5.41 Å². The third kappa shape index (κ3) is 1.64. The van der Waals surface area contributed by atoms with Gasteiger partial charge in [-0.25, -0.2) is 0 Å². The van der Waals surface area contributed by atoms with Gasteiger partial charge in [0.15, 0.2) is 0 Å². The summed E-state index contributed by atoms with van der Waals surface area (Å²) in [5.41, 5.74) is 5.42. The van der Waals surface area contributed by atoms with Crippen molar-refractivity contribution in [1.82, 2.24) is 5.32 Å². The van der Waals surface area contributed by atoms with Crippen molar-refractivity contribution < 1.29 is 9.53 Å². The maximum Gasteiger partial charge on any atom is 0.240 e. The van der Waals surface area contributed by atoms with Gasteiger partial charge in [-0.2, -0.15) is 0 Å². The zero-order chi connectivity index (χ0) is 12.0. The van der Waals surface area contributed by atoms with Gasteiger partial charge in [-0.05, 0) is 25.7 Å². The lowest BCUT2D eigenvalue weighted by Crippen LogP contribution is -2.67. The van der Waals surface area contributed by atoms with Crippen LogP contribution in [-0.4, -0.2) is 30.7 Å². The molecule has 92 valence electrons. The molecule has 2 atom stereocenters. The highest BCUT2D eigenvalue weighted by atomic mass is 16.5. The average molecular weight is 226 g/mol. The maximum atomic E-state index is 12.0. The molecule has 0 aromatic rings. The van der Waals surface area contributed by atoms with Crippen molar-refractivity contribution in [3.63, 3.8) is 0 Å². The van der Waals surface area contributed by atoms with Crippen LogP contribution < -0.4 is 11.1 Å². The topological polar surface area (TPSA) is 64.3 Å². The third-order valence-corrected chi connectivity index (χ3v) is 4.47. The minimum absolute atomic E-state index is 0.0184. The SMILES string of the molecule is COC1CC(NC(=O)C2(N)CCC2)C1(C)C. The molecule has 0 aliphatic heterocycles. The summed E-state index contributed by atoms with van der Waals surface area (Å²) < 4.78 is 5.36. The van der Waals surface area contributed by atoms with Crippen LogP contribution in [0.25, 0.3) is 0 Å². The molecule has 2 aliphatic carbocycles. The van der Waals surface area contributed by atoms with E-state index in [9.17, 15) is 4.79 Å². The minimum atomic E-state index is -0.589. The molecule has 2 fully saturated rings. The molecule has 0 radical (unpaired) electrons. The summed E-state index contributed by atoms with van der Waals surface area (Å²) in [5, 5.41) is 3.07. The first-order valence-corrected chi connectivity index (χ1v) is 6.03. The van der Waals surface area contributed by atoms with Crippen LogP contribution >= 0.6 is 0 Å². The Morgan fingerprint density at radius 1 is 1.44 bits per heavy atom. The Balaban J connectivity index is 1.90. The van der Waals surface area contributed by atoms with Crippen LogP contribution in [0.4, 0.5) is 0 Å². The van der Waals surface area contributed by atoms with Crippen LogP contribution in [-0.2, 0) is 9.53 Å². The fraction of sp³-hybridized carbons (Fsp3) is 0.917. The molecule has 2 saturated carbocycles. The summed E-state index contributed by atoms with van der Waals surface area (Å²) in [6.45, 7) is 4.25. The summed E-state index contributed by atoms with van der Waals surface area (Å²) in [6, 6.07) is 0.200. The Hall–Kier alpha value is -0.610. The van der Waals surface area contributed by atoms with Crippen molar-refractivity contribution in [2.24, 2.45) is 11.1 Å². The van der Waals surface area contributed by atoms with Gasteiger partial charge in [0.1, 0.15) is 0 Å². The number of hydrogen-bond donors (Lipinski definition) is 2. The Morgan fingerprint density at radius 3 is 2.44 bits per heavy atom. The number of rotatable bonds is 3. The van der Waals surface area contributed by atoms with Crippen LogP contribution in [0.2, 0.25) is 0 Å². The second kappa shape index (κ2) is 3.70. The van der Waals surface area contributed by atoms with Crippen LogP contribution in [0.5, 0.6) is 0 Å². The highest BCUT2D eigenvalue weighted by Crippen LogP contribution is 2.43. The van der Waals surface area contributed by atoms with Gasteiger partial charge in [-0.15, -0.1) is 0 Å². The molecule has 0 saturated heterocycles. The Morgan fingerprint density at radius 2 is 2.06 bits per heavy atom. The lowest BCUT2D eigenvalue weighted by molar-refractivity contribution is -0.140. The van der Waals surface area contributed by atoms with E-state index in [1.165, 1.54) is 0 Å². The molecule has 2 rings (SSSR count). The van der Waals surface area contributed by atoms with Gasteiger partial charge in [0.25, 0.3) is 0 Å². The normalized spacial score (nSPS) is 34.8. The van der Waals surface area contributed by atoms with Gasteiger partial charge >= 0.3 is 0 Å². The van der Waals surface area contributed by atoms with Crippen LogP contribution in [0.1, 0.15) is 39.5 Å². The molecular weight excluding hydrogens is 204 g/mol. The van der Waals surface area contributed by atoms with Crippen molar-refractivity contribution in [3.05, 3.63) is 0 Å². The summed E-state index contributed by atoms with van der Waals surface area (Å²) in [4.78, 5) is 12.0. The van der Waals surface area contributed by atoms with Crippen molar-refractivity contribution >= 4 is 5.91 Å². The molecule has 4 nitrogen and oxygen atoms in total. The number of carbonyl (C=O) groups excluding carboxylic acids is 1. The number of nitrogens with two attached hydrogens (primary N) is 1. The molecular formula is C12H22N2O2. The molecule has 16 heavy (non-hydrogen) atoms. The van der Waals surface area contributed by atoms with Gasteiger partial charge in [-0.3, -0.25) is 4.79 Å². The number of amides is 1. The first-order valence-electron chi connectivity index (χ1n) is 6.03. The number of ether oxygens (including phenoxy) is 1. The quantitative estimate of drug-likeness (QED) is 0.748. The molecule has 2 unspecified atom stereocenters. The maximum absolute atomic E-state index is 12.0. The first kappa shape index (κ1) is 11.9. The van der Waals surface area contributed by atoms with E-state index in [4.69, 9.17) is 10.5 Å². The molecule has 0 bridgehead atoms. The van der Waals surface area contributed by atoms with E-state index >= 15 is 0 Å². The zero-order valence-corrected chi connectivity index (χ0v) is 10.4. The van der Waals surface area contributed by atoms with Gasteiger partial charge in [0.05, 0.1) is 11.6 Å². The van der Waals surface area contributed by atoms with E-state index in [2.05, 4.69) is 19.2 Å². The monoisotopic (exact) mass is 226 g/mol. The molecule has 0 aromatic heterocycles. The predicted molar refractivity (Wildman–Crippen MR) is 61.9 cm³/mol. The molecule has 1 amide bonds. The van der Waals surface area contributed by atoms with E-state index in [0.29, 0.717) is 0 Å². The summed E-state index contributed by atoms with van der Waals surface area (Å²) >= 11 is 0. The number of methoxy groups -OCH3 is 1. The van der Waals surface area contributed by atoms with Crippen molar-refractivity contribution in [1.29, 1.82) is 0 Å². The first-order chi connectivity index (χ1) is 7.40. The second-order valence-electron chi connectivity index (χ2n) is 5.82. The largest absolute Gasteiger partial charge is 0.381 e. The number of nitrogens with one attached hydrogen (secondary N) is 1. The fourth-order valence-corrected chi connectivity index (χ4v) is 2.62. The minimum Gasteiger partial charge on any atom is -0.381 e. The summed E-state index contributed by atoms with van der Waals surface area (Å²) in [6.07, 6.45) is 3.84. The summed E-state index contributed by atoms with van der Waals surface area (Å²) in [7, 11) is 1.72. The van der Waals surface area contributed by atoms with Gasteiger partial charge in [0.2, 0.25) is 5.91 Å². The highest BCUT2D eigenvalue weighted by Gasteiger charge is 2.51. The van der Waals surface area contributed by atoms with E-state index in [-0.39, 0.29) is 23.5 Å². The number of hydrogen-bond acceptors (Lipinski definition) is 3. The fourth-order valence-electron chi connectivity index (χ4n) is 2.62. The summed E-state index contributed by atoms with van der Waals surface area (Å²) in [5.74, 6) is 0.0198. The number of carbonyl (C=O) groups is 1. The van der Waals surface area contributed by atoms with E-state index in [0.717, 1.165) is 25.7 Å². The Labute approximate surface area is 96.9 Å². The van der Waals surface area contributed by atoms with E-state index in [1.807, 2.05) is 0 Å². The van der Waals surface area contributed by atoms with Crippen molar-refractivity contribution in [2.45, 2.75) is 57.2 Å².